The first-order valence-electron chi connectivity index (χ1n) is 7.18. The van der Waals surface area contributed by atoms with E-state index in [1.807, 2.05) is 11.8 Å². The van der Waals surface area contributed by atoms with Crippen LogP contribution in [0.25, 0.3) is 0 Å². The van der Waals surface area contributed by atoms with Crippen molar-refractivity contribution in [1.29, 1.82) is 0 Å². The average Bonchev–Trinajstić information content (AvgIpc) is 2.65. The molecule has 0 bridgehead atoms. The van der Waals surface area contributed by atoms with Gasteiger partial charge in [0.2, 0.25) is 5.91 Å². The number of rotatable bonds is 6. The van der Waals surface area contributed by atoms with Crippen LogP contribution in [0.2, 0.25) is 0 Å². The molecule has 0 aromatic heterocycles. The minimum atomic E-state index is -0.305. The van der Waals surface area contributed by atoms with Gasteiger partial charge in [0, 0.05) is 26.7 Å². The third-order valence-corrected chi connectivity index (χ3v) is 4.14. The normalized spacial score (nSPS) is 19.3. The fraction of sp³-hybridized carbons (Fsp3) is 0.929. The molecule has 0 atom stereocenters. The number of likely N-dealkylation sites (N-methyl/N-ethyl adjacent to an activating group) is 1. The highest BCUT2D eigenvalue weighted by atomic mass is 16.5. The predicted octanol–water partition coefficient (Wildman–Crippen LogP) is 1.78. The summed E-state index contributed by atoms with van der Waals surface area (Å²) in [6, 6.07) is 0. The molecule has 0 heterocycles. The molecule has 1 aliphatic rings. The number of carbonyl (C=O) groups excluding carboxylic acids is 1. The number of hydrogen-bond donors (Lipinski definition) is 1. The largest absolute Gasteiger partial charge is 0.383 e. The summed E-state index contributed by atoms with van der Waals surface area (Å²) < 4.78 is 5.08. The van der Waals surface area contributed by atoms with Gasteiger partial charge in [-0.15, -0.1) is 0 Å². The van der Waals surface area contributed by atoms with Crippen LogP contribution < -0.4 is 5.73 Å². The molecule has 1 amide bonds. The van der Waals surface area contributed by atoms with Crippen molar-refractivity contribution in [3.63, 3.8) is 0 Å². The highest BCUT2D eigenvalue weighted by molar-refractivity contribution is 5.83. The van der Waals surface area contributed by atoms with Gasteiger partial charge in [0.15, 0.2) is 0 Å². The van der Waals surface area contributed by atoms with E-state index in [0.29, 0.717) is 19.7 Å². The molecule has 0 saturated heterocycles. The Morgan fingerprint density at radius 2 is 1.89 bits per heavy atom. The lowest BCUT2D eigenvalue weighted by Gasteiger charge is -2.35. The Bertz CT molecular complexity index is 248. The van der Waals surface area contributed by atoms with E-state index in [1.54, 1.807) is 7.11 Å². The van der Waals surface area contributed by atoms with Gasteiger partial charge in [-0.1, -0.05) is 25.7 Å². The van der Waals surface area contributed by atoms with E-state index in [1.165, 1.54) is 12.8 Å². The Kier molecular flexibility index (Phi) is 6.65. The number of ether oxygens (including phenoxy) is 1. The van der Waals surface area contributed by atoms with E-state index < -0.39 is 0 Å². The summed E-state index contributed by atoms with van der Waals surface area (Å²) in [5.74, 6) is 0.242. The molecule has 0 unspecified atom stereocenters. The van der Waals surface area contributed by atoms with Crippen molar-refractivity contribution in [1.82, 2.24) is 4.90 Å². The van der Waals surface area contributed by atoms with Crippen molar-refractivity contribution < 1.29 is 9.53 Å². The summed E-state index contributed by atoms with van der Waals surface area (Å²) in [5.41, 5.74) is 5.65. The van der Waals surface area contributed by atoms with E-state index in [9.17, 15) is 4.79 Å². The van der Waals surface area contributed by atoms with E-state index >= 15 is 0 Å². The first-order valence-corrected chi connectivity index (χ1v) is 7.18. The van der Waals surface area contributed by atoms with Crippen molar-refractivity contribution >= 4 is 5.91 Å². The fourth-order valence-electron chi connectivity index (χ4n) is 2.85. The molecule has 1 aliphatic carbocycles. The Balaban J connectivity index is 2.74. The lowest BCUT2D eigenvalue weighted by atomic mass is 9.79. The Labute approximate surface area is 111 Å². The predicted molar refractivity (Wildman–Crippen MR) is 73.3 cm³/mol. The maximum absolute atomic E-state index is 12.7. The van der Waals surface area contributed by atoms with Crippen molar-refractivity contribution in [3.8, 4) is 0 Å². The first kappa shape index (κ1) is 15.4. The first-order chi connectivity index (χ1) is 8.70. The van der Waals surface area contributed by atoms with Gasteiger partial charge in [0.05, 0.1) is 12.0 Å². The fourth-order valence-corrected chi connectivity index (χ4v) is 2.85. The summed E-state index contributed by atoms with van der Waals surface area (Å²) in [6.45, 7) is 4.52. The standard InChI is InChI=1S/C14H28N2O2/c1-3-16(10-11-18-2)13(17)14(12-15)8-6-4-5-7-9-14/h3-12,15H2,1-2H3. The number of methoxy groups -OCH3 is 1. The lowest BCUT2D eigenvalue weighted by Crippen LogP contribution is -2.48. The molecule has 1 fully saturated rings. The maximum atomic E-state index is 12.7. The molecule has 2 N–H and O–H groups in total. The molecule has 18 heavy (non-hydrogen) atoms. The minimum Gasteiger partial charge on any atom is -0.383 e. The van der Waals surface area contributed by atoms with Crippen LogP contribution in [-0.4, -0.2) is 44.2 Å². The quantitative estimate of drug-likeness (QED) is 0.737. The summed E-state index contributed by atoms with van der Waals surface area (Å²) >= 11 is 0. The van der Waals surface area contributed by atoms with E-state index in [-0.39, 0.29) is 11.3 Å². The van der Waals surface area contributed by atoms with Gasteiger partial charge >= 0.3 is 0 Å². The molecule has 0 spiro atoms. The van der Waals surface area contributed by atoms with Crippen molar-refractivity contribution in [3.05, 3.63) is 0 Å². The second-order valence-corrected chi connectivity index (χ2v) is 5.28. The van der Waals surface area contributed by atoms with Gasteiger partial charge in [0.1, 0.15) is 0 Å². The number of nitrogens with zero attached hydrogens (tertiary/aromatic N) is 1. The van der Waals surface area contributed by atoms with Crippen LogP contribution in [0.1, 0.15) is 45.4 Å². The zero-order valence-corrected chi connectivity index (χ0v) is 11.9. The third kappa shape index (κ3) is 3.69. The molecule has 1 saturated carbocycles. The molecule has 0 aliphatic heterocycles. The maximum Gasteiger partial charge on any atom is 0.230 e. The summed E-state index contributed by atoms with van der Waals surface area (Å²) in [7, 11) is 1.67. The lowest BCUT2D eigenvalue weighted by molar-refractivity contribution is -0.143. The zero-order valence-electron chi connectivity index (χ0n) is 11.9. The number of carbonyl (C=O) groups is 1. The number of hydrogen-bond acceptors (Lipinski definition) is 3. The SMILES string of the molecule is CCN(CCOC)C(=O)C1(CN)CCCCCC1. The second kappa shape index (κ2) is 7.74. The molecule has 106 valence electrons. The van der Waals surface area contributed by atoms with Crippen molar-refractivity contribution in [2.45, 2.75) is 45.4 Å². The van der Waals surface area contributed by atoms with Gasteiger partial charge in [0.25, 0.3) is 0 Å². The van der Waals surface area contributed by atoms with Gasteiger partial charge in [-0.2, -0.15) is 0 Å². The number of nitrogens with two attached hydrogens (primary N) is 1. The van der Waals surface area contributed by atoms with Gasteiger partial charge in [-0.3, -0.25) is 4.79 Å². The summed E-state index contributed by atoms with van der Waals surface area (Å²) in [4.78, 5) is 14.6. The third-order valence-electron chi connectivity index (χ3n) is 4.14. The number of amides is 1. The topological polar surface area (TPSA) is 55.6 Å². The van der Waals surface area contributed by atoms with E-state index in [0.717, 1.165) is 32.2 Å². The highest BCUT2D eigenvalue weighted by Gasteiger charge is 2.39. The molecule has 0 aromatic carbocycles. The van der Waals surface area contributed by atoms with E-state index in [4.69, 9.17) is 10.5 Å². The highest BCUT2D eigenvalue weighted by Crippen LogP contribution is 2.35. The molecular weight excluding hydrogens is 228 g/mol. The molecule has 4 heteroatoms. The molecular formula is C14H28N2O2. The Hall–Kier alpha value is -0.610. The van der Waals surface area contributed by atoms with Crippen LogP contribution in [0.5, 0.6) is 0 Å². The van der Waals surface area contributed by atoms with Gasteiger partial charge < -0.3 is 15.4 Å². The van der Waals surface area contributed by atoms with Crippen LogP contribution in [0.15, 0.2) is 0 Å². The van der Waals surface area contributed by atoms with Crippen molar-refractivity contribution in [2.24, 2.45) is 11.1 Å². The Morgan fingerprint density at radius 1 is 1.28 bits per heavy atom. The average molecular weight is 256 g/mol. The molecule has 0 radical (unpaired) electrons. The summed E-state index contributed by atoms with van der Waals surface area (Å²) in [5, 5.41) is 0. The van der Waals surface area contributed by atoms with Crippen LogP contribution in [-0.2, 0) is 9.53 Å². The van der Waals surface area contributed by atoms with Crippen LogP contribution in [0.3, 0.4) is 0 Å². The smallest absolute Gasteiger partial charge is 0.230 e. The van der Waals surface area contributed by atoms with Gasteiger partial charge in [-0.25, -0.2) is 0 Å². The second-order valence-electron chi connectivity index (χ2n) is 5.28. The zero-order chi connectivity index (χ0) is 13.4. The van der Waals surface area contributed by atoms with Crippen LogP contribution in [0.4, 0.5) is 0 Å². The summed E-state index contributed by atoms with van der Waals surface area (Å²) in [6.07, 6.45) is 6.63. The Morgan fingerprint density at radius 3 is 2.33 bits per heavy atom. The van der Waals surface area contributed by atoms with Gasteiger partial charge in [-0.05, 0) is 19.8 Å². The van der Waals surface area contributed by atoms with Crippen LogP contribution in [0, 0.1) is 5.41 Å². The molecule has 0 aromatic rings. The minimum absolute atomic E-state index is 0.242. The molecule has 4 nitrogen and oxygen atoms in total. The molecule has 1 rings (SSSR count). The monoisotopic (exact) mass is 256 g/mol. The van der Waals surface area contributed by atoms with E-state index in [2.05, 4.69) is 0 Å². The van der Waals surface area contributed by atoms with Crippen molar-refractivity contribution in [2.75, 3.05) is 33.4 Å². The van der Waals surface area contributed by atoms with Crippen LogP contribution >= 0.6 is 0 Å².